The minimum absolute atomic E-state index is 0.0332. The number of hydrogen-bond acceptors (Lipinski definition) is 5. The van der Waals surface area contributed by atoms with Crippen LogP contribution in [0.4, 0.5) is 0 Å². The average Bonchev–Trinajstić information content (AvgIpc) is 2.93. The summed E-state index contributed by atoms with van der Waals surface area (Å²) in [7, 11) is -6.95. The summed E-state index contributed by atoms with van der Waals surface area (Å²) in [6.07, 6.45) is 1.84. The minimum atomic E-state index is -3.77. The number of unbranched alkanes of at least 4 members (excludes halogenated alkanes) is 1. The van der Waals surface area contributed by atoms with Crippen LogP contribution in [0.15, 0.2) is 29.2 Å². The van der Waals surface area contributed by atoms with Gasteiger partial charge in [-0.3, -0.25) is 4.79 Å². The van der Waals surface area contributed by atoms with Gasteiger partial charge in [0.25, 0.3) is 0 Å². The molecule has 1 amide bonds. The molecule has 1 N–H and O–H groups in total. The predicted octanol–water partition coefficient (Wildman–Crippen LogP) is 1.30. The third-order valence-corrected chi connectivity index (χ3v) is 8.14. The second-order valence-electron chi connectivity index (χ2n) is 6.58. The molecule has 1 atom stereocenters. The third kappa shape index (κ3) is 5.28. The molecule has 1 aliphatic rings. The van der Waals surface area contributed by atoms with Crippen molar-refractivity contribution in [3.05, 3.63) is 29.8 Å². The molecule has 26 heavy (non-hydrogen) atoms. The van der Waals surface area contributed by atoms with Gasteiger partial charge in [-0.25, -0.2) is 16.8 Å². The van der Waals surface area contributed by atoms with E-state index in [9.17, 15) is 21.6 Å². The molecule has 1 aromatic rings. The Labute approximate surface area is 155 Å². The van der Waals surface area contributed by atoms with Crippen molar-refractivity contribution in [3.8, 4) is 0 Å². The van der Waals surface area contributed by atoms with E-state index in [1.165, 1.54) is 23.4 Å². The minimum Gasteiger partial charge on any atom is -0.352 e. The Balaban J connectivity index is 2.24. The van der Waals surface area contributed by atoms with Crippen LogP contribution in [0.2, 0.25) is 0 Å². The second-order valence-corrected chi connectivity index (χ2v) is 10.7. The smallest absolute Gasteiger partial charge is 0.243 e. The molecule has 1 fully saturated rings. The summed E-state index contributed by atoms with van der Waals surface area (Å²) >= 11 is 0. The average molecular weight is 403 g/mol. The molecule has 7 nitrogen and oxygen atoms in total. The van der Waals surface area contributed by atoms with Crippen LogP contribution in [0.3, 0.4) is 0 Å². The van der Waals surface area contributed by atoms with E-state index in [0.29, 0.717) is 25.9 Å². The molecule has 1 aromatic carbocycles. The molecule has 1 saturated heterocycles. The van der Waals surface area contributed by atoms with Gasteiger partial charge >= 0.3 is 0 Å². The number of nitrogens with zero attached hydrogens (tertiary/aromatic N) is 1. The lowest BCUT2D eigenvalue weighted by atomic mass is 10.2. The lowest BCUT2D eigenvalue weighted by Crippen LogP contribution is -2.41. The van der Waals surface area contributed by atoms with Gasteiger partial charge in [0.2, 0.25) is 15.9 Å². The lowest BCUT2D eigenvalue weighted by molar-refractivity contribution is -0.119. The predicted molar refractivity (Wildman–Crippen MR) is 99.8 cm³/mol. The molecular formula is C17H26N2O5S2. The Hall–Kier alpha value is -1.45. The Kier molecular flexibility index (Phi) is 6.81. The first-order valence-corrected chi connectivity index (χ1v) is 12.0. The number of sulfone groups is 1. The van der Waals surface area contributed by atoms with Crippen molar-refractivity contribution in [2.75, 3.05) is 18.1 Å². The highest BCUT2D eigenvalue weighted by Crippen LogP contribution is 2.25. The quantitative estimate of drug-likeness (QED) is 0.706. The summed E-state index contributed by atoms with van der Waals surface area (Å²) < 4.78 is 51.1. The van der Waals surface area contributed by atoms with Crippen LogP contribution in [-0.4, -0.2) is 51.1 Å². The fraction of sp³-hybridized carbons (Fsp3) is 0.588. The molecule has 0 bridgehead atoms. The van der Waals surface area contributed by atoms with Gasteiger partial charge in [0.05, 0.1) is 16.4 Å². The van der Waals surface area contributed by atoms with Crippen molar-refractivity contribution in [3.63, 3.8) is 0 Å². The van der Waals surface area contributed by atoms with E-state index in [1.54, 1.807) is 12.1 Å². The van der Waals surface area contributed by atoms with E-state index in [-0.39, 0.29) is 22.3 Å². The van der Waals surface area contributed by atoms with Gasteiger partial charge in [0.1, 0.15) is 0 Å². The Morgan fingerprint density at radius 2 is 1.92 bits per heavy atom. The van der Waals surface area contributed by atoms with Crippen molar-refractivity contribution in [2.24, 2.45) is 0 Å². The molecule has 146 valence electrons. The zero-order chi connectivity index (χ0) is 19.4. The van der Waals surface area contributed by atoms with Crippen LogP contribution in [0.1, 0.15) is 38.7 Å². The highest BCUT2D eigenvalue weighted by Gasteiger charge is 2.38. The van der Waals surface area contributed by atoms with Crippen LogP contribution < -0.4 is 5.32 Å². The van der Waals surface area contributed by atoms with E-state index in [2.05, 4.69) is 5.32 Å². The first-order valence-electron chi connectivity index (χ1n) is 8.71. The highest BCUT2D eigenvalue weighted by molar-refractivity contribution is 7.92. The maximum Gasteiger partial charge on any atom is 0.243 e. The summed E-state index contributed by atoms with van der Waals surface area (Å²) in [6.45, 7) is 4.02. The number of sulfonamides is 1. The van der Waals surface area contributed by atoms with Gasteiger partial charge in [-0.1, -0.05) is 25.5 Å². The number of carbonyl (C=O) groups excluding carboxylic acids is 1. The number of nitrogens with one attached hydrogen (secondary N) is 1. The summed E-state index contributed by atoms with van der Waals surface area (Å²) in [5.41, 5.74) is 0.794. The van der Waals surface area contributed by atoms with Gasteiger partial charge < -0.3 is 5.32 Å². The summed E-state index contributed by atoms with van der Waals surface area (Å²) in [5, 5.41) is 2.66. The van der Waals surface area contributed by atoms with Gasteiger partial charge in [0.15, 0.2) is 9.84 Å². The van der Waals surface area contributed by atoms with E-state index in [4.69, 9.17) is 0 Å². The standard InChI is InChI=1S/C17H26N2O5S2/c1-3-4-10-19(16-9-11-25(21,22)13-16)26(23,24)17-7-5-15(6-8-17)12-18-14(2)20/h5-8,16H,3-4,9-13H2,1-2H3,(H,18,20)/t16-/m1/s1. The monoisotopic (exact) mass is 402 g/mol. The molecule has 0 aliphatic carbocycles. The number of hydrogen-bond donors (Lipinski definition) is 1. The summed E-state index contributed by atoms with van der Waals surface area (Å²) in [5.74, 6) is -0.239. The number of amides is 1. The van der Waals surface area contributed by atoms with Gasteiger partial charge in [0, 0.05) is 26.1 Å². The van der Waals surface area contributed by atoms with Crippen LogP contribution in [0.25, 0.3) is 0 Å². The topological polar surface area (TPSA) is 101 Å². The first-order chi connectivity index (χ1) is 12.2. The fourth-order valence-electron chi connectivity index (χ4n) is 2.96. The van der Waals surface area contributed by atoms with Gasteiger partial charge in [-0.15, -0.1) is 0 Å². The second kappa shape index (κ2) is 8.49. The van der Waals surface area contributed by atoms with E-state index in [1.807, 2.05) is 6.92 Å². The molecule has 0 saturated carbocycles. The van der Waals surface area contributed by atoms with Crippen molar-refractivity contribution in [2.45, 2.75) is 50.6 Å². The van der Waals surface area contributed by atoms with E-state index >= 15 is 0 Å². The number of rotatable bonds is 8. The molecule has 1 heterocycles. The fourth-order valence-corrected chi connectivity index (χ4v) is 6.47. The Bertz CT molecular complexity index is 832. The Morgan fingerprint density at radius 3 is 2.42 bits per heavy atom. The molecule has 0 aromatic heterocycles. The van der Waals surface area contributed by atoms with Gasteiger partial charge in [-0.05, 0) is 30.5 Å². The zero-order valence-electron chi connectivity index (χ0n) is 15.1. The largest absolute Gasteiger partial charge is 0.352 e. The van der Waals surface area contributed by atoms with Crippen LogP contribution >= 0.6 is 0 Å². The van der Waals surface area contributed by atoms with E-state index in [0.717, 1.165) is 12.0 Å². The number of carbonyl (C=O) groups is 1. The first kappa shape index (κ1) is 20.9. The summed E-state index contributed by atoms with van der Waals surface area (Å²) in [4.78, 5) is 11.1. The molecule has 1 aliphatic heterocycles. The zero-order valence-corrected chi connectivity index (χ0v) is 16.8. The van der Waals surface area contributed by atoms with Crippen LogP contribution in [0, 0.1) is 0 Å². The third-order valence-electron chi connectivity index (χ3n) is 4.42. The van der Waals surface area contributed by atoms with Gasteiger partial charge in [-0.2, -0.15) is 4.31 Å². The van der Waals surface area contributed by atoms with Crippen molar-refractivity contribution < 1.29 is 21.6 Å². The van der Waals surface area contributed by atoms with Crippen LogP contribution in [-0.2, 0) is 31.2 Å². The molecule has 0 spiro atoms. The maximum atomic E-state index is 13.1. The normalized spacial score (nSPS) is 19.6. The SMILES string of the molecule is CCCCN([C@@H]1CCS(=O)(=O)C1)S(=O)(=O)c1ccc(CNC(C)=O)cc1. The Morgan fingerprint density at radius 1 is 1.27 bits per heavy atom. The highest BCUT2D eigenvalue weighted by atomic mass is 32.2. The summed E-state index contributed by atoms with van der Waals surface area (Å²) in [6, 6.07) is 5.83. The van der Waals surface area contributed by atoms with Crippen molar-refractivity contribution in [1.82, 2.24) is 9.62 Å². The van der Waals surface area contributed by atoms with Crippen LogP contribution in [0.5, 0.6) is 0 Å². The number of benzene rings is 1. The molecule has 0 unspecified atom stereocenters. The molecule has 0 radical (unpaired) electrons. The maximum absolute atomic E-state index is 13.1. The molecular weight excluding hydrogens is 376 g/mol. The van der Waals surface area contributed by atoms with E-state index < -0.39 is 25.9 Å². The molecule has 2 rings (SSSR count). The van der Waals surface area contributed by atoms with Crippen molar-refractivity contribution in [1.29, 1.82) is 0 Å². The lowest BCUT2D eigenvalue weighted by Gasteiger charge is -2.27. The van der Waals surface area contributed by atoms with Crippen molar-refractivity contribution >= 4 is 25.8 Å². The molecule has 9 heteroatoms.